The number of aromatic hydroxyl groups is 1. The van der Waals surface area contributed by atoms with Crippen molar-refractivity contribution in [3.63, 3.8) is 0 Å². The largest absolute Gasteiger partial charge is 0.507 e. The lowest BCUT2D eigenvalue weighted by Gasteiger charge is -2.06. The lowest BCUT2D eigenvalue weighted by molar-refractivity contribution is 0.0903. The van der Waals surface area contributed by atoms with Gasteiger partial charge in [-0.3, -0.25) is 0 Å². The van der Waals surface area contributed by atoms with Crippen LogP contribution in [0, 0.1) is 0 Å². The molecule has 0 aliphatic carbocycles. The summed E-state index contributed by atoms with van der Waals surface area (Å²) in [5.41, 5.74) is 0.526. The second-order valence-electron chi connectivity index (χ2n) is 4.81. The molecule has 0 amide bonds. The monoisotopic (exact) mass is 284 g/mol. The maximum atomic E-state index is 10.2. The highest BCUT2D eigenvalue weighted by Crippen LogP contribution is 2.33. The minimum atomic E-state index is -0.204. The fourth-order valence-electron chi connectivity index (χ4n) is 2.33. The zero-order valence-electron chi connectivity index (χ0n) is 11.9. The van der Waals surface area contributed by atoms with E-state index in [9.17, 15) is 5.11 Å². The maximum absolute atomic E-state index is 10.2. The van der Waals surface area contributed by atoms with Gasteiger partial charge in [0.2, 0.25) is 5.82 Å². The summed E-state index contributed by atoms with van der Waals surface area (Å²) in [6.07, 6.45) is 0.546. The molecule has 21 heavy (non-hydrogen) atoms. The van der Waals surface area contributed by atoms with Gasteiger partial charge in [0.15, 0.2) is 0 Å². The van der Waals surface area contributed by atoms with Crippen LogP contribution >= 0.6 is 0 Å². The minimum Gasteiger partial charge on any atom is -0.507 e. The molecule has 5 heteroatoms. The van der Waals surface area contributed by atoms with E-state index in [1.807, 2.05) is 37.3 Å². The third-order valence-electron chi connectivity index (χ3n) is 3.48. The number of rotatable bonds is 4. The average molecular weight is 284 g/mol. The Balaban J connectivity index is 2.06. The summed E-state index contributed by atoms with van der Waals surface area (Å²) >= 11 is 0. The van der Waals surface area contributed by atoms with E-state index in [0.29, 0.717) is 17.3 Å². The predicted molar refractivity (Wildman–Crippen MR) is 78.9 cm³/mol. The van der Waals surface area contributed by atoms with Gasteiger partial charge in [-0.25, -0.2) is 0 Å². The van der Waals surface area contributed by atoms with E-state index in [2.05, 4.69) is 10.1 Å². The number of hydrogen-bond donors (Lipinski definition) is 1. The summed E-state index contributed by atoms with van der Waals surface area (Å²) in [5, 5.41) is 16.1. The lowest BCUT2D eigenvalue weighted by atomic mass is 10.1. The van der Waals surface area contributed by atoms with Gasteiger partial charge in [0.1, 0.15) is 11.9 Å². The molecule has 0 bridgehead atoms. The number of hydrogen-bond acceptors (Lipinski definition) is 5. The Morgan fingerprint density at radius 2 is 1.95 bits per heavy atom. The van der Waals surface area contributed by atoms with Crippen LogP contribution in [0.3, 0.4) is 0 Å². The van der Waals surface area contributed by atoms with E-state index in [1.54, 1.807) is 13.2 Å². The first kappa shape index (κ1) is 13.6. The Labute approximate surface area is 122 Å². The van der Waals surface area contributed by atoms with Crippen molar-refractivity contribution in [1.29, 1.82) is 0 Å². The van der Waals surface area contributed by atoms with Crippen molar-refractivity contribution >= 4 is 10.8 Å². The Bertz CT molecular complexity index is 763. The summed E-state index contributed by atoms with van der Waals surface area (Å²) < 4.78 is 10.6. The third kappa shape index (κ3) is 2.48. The second-order valence-corrected chi connectivity index (χ2v) is 4.81. The summed E-state index contributed by atoms with van der Waals surface area (Å²) in [5.74, 6) is 0.903. The fraction of sp³-hybridized carbons (Fsp3) is 0.250. The predicted octanol–water partition coefficient (Wildman–Crippen LogP) is 3.69. The van der Waals surface area contributed by atoms with Crippen molar-refractivity contribution in [2.45, 2.75) is 19.4 Å². The molecule has 0 saturated heterocycles. The molecule has 0 radical (unpaired) electrons. The summed E-state index contributed by atoms with van der Waals surface area (Å²) in [6, 6.07) is 11.3. The van der Waals surface area contributed by atoms with Crippen LogP contribution in [-0.2, 0) is 4.74 Å². The van der Waals surface area contributed by atoms with Crippen LogP contribution in [0.4, 0.5) is 0 Å². The number of benzene rings is 2. The summed E-state index contributed by atoms with van der Waals surface area (Å²) in [7, 11) is 1.61. The molecule has 3 rings (SSSR count). The highest BCUT2D eigenvalue weighted by Gasteiger charge is 2.19. The smallest absolute Gasteiger partial charge is 0.261 e. The Morgan fingerprint density at radius 3 is 2.62 bits per heavy atom. The molecular formula is C16H16N2O3. The molecule has 0 aliphatic rings. The molecular weight excluding hydrogens is 268 g/mol. The van der Waals surface area contributed by atoms with E-state index >= 15 is 0 Å². The molecule has 1 aromatic heterocycles. The first-order valence-electron chi connectivity index (χ1n) is 6.81. The van der Waals surface area contributed by atoms with Gasteiger partial charge in [-0.2, -0.15) is 4.98 Å². The number of phenolic OH excluding ortho intramolecular Hbond substituents is 1. The van der Waals surface area contributed by atoms with Crippen LogP contribution in [-0.4, -0.2) is 22.4 Å². The quantitative estimate of drug-likeness (QED) is 0.791. The molecule has 5 nitrogen and oxygen atoms in total. The standard InChI is InChI=1S/C16H16N2O3/c1-3-14(20-2)15-17-16(21-18-15)12-8-10-6-4-5-7-11(10)9-13(12)19/h4-9,14,19H,3H2,1-2H3. The lowest BCUT2D eigenvalue weighted by Crippen LogP contribution is -2.01. The van der Waals surface area contributed by atoms with Gasteiger partial charge >= 0.3 is 0 Å². The van der Waals surface area contributed by atoms with Gasteiger partial charge in [0.05, 0.1) is 5.56 Å². The normalized spacial score (nSPS) is 12.7. The molecule has 0 fully saturated rings. The topological polar surface area (TPSA) is 68.4 Å². The molecule has 1 heterocycles. The van der Waals surface area contributed by atoms with E-state index < -0.39 is 0 Å². The van der Waals surface area contributed by atoms with E-state index in [4.69, 9.17) is 9.26 Å². The van der Waals surface area contributed by atoms with Gasteiger partial charge in [-0.15, -0.1) is 0 Å². The number of phenols is 1. The van der Waals surface area contributed by atoms with E-state index in [-0.39, 0.29) is 11.9 Å². The minimum absolute atomic E-state index is 0.120. The molecule has 0 saturated carbocycles. The highest BCUT2D eigenvalue weighted by atomic mass is 16.5. The molecule has 1 unspecified atom stereocenters. The Hall–Kier alpha value is -2.40. The number of methoxy groups -OCH3 is 1. The van der Waals surface area contributed by atoms with Gasteiger partial charge in [-0.05, 0) is 29.3 Å². The fourth-order valence-corrected chi connectivity index (χ4v) is 2.33. The zero-order valence-corrected chi connectivity index (χ0v) is 11.9. The molecule has 108 valence electrons. The van der Waals surface area contributed by atoms with E-state index in [0.717, 1.165) is 17.2 Å². The van der Waals surface area contributed by atoms with Gasteiger partial charge in [-0.1, -0.05) is 36.3 Å². The van der Waals surface area contributed by atoms with Crippen molar-refractivity contribution < 1.29 is 14.4 Å². The van der Waals surface area contributed by atoms with Crippen LogP contribution < -0.4 is 0 Å². The third-order valence-corrected chi connectivity index (χ3v) is 3.48. The van der Waals surface area contributed by atoms with Gasteiger partial charge < -0.3 is 14.4 Å². The zero-order chi connectivity index (χ0) is 14.8. The van der Waals surface area contributed by atoms with Crippen LogP contribution in [0.15, 0.2) is 40.9 Å². The van der Waals surface area contributed by atoms with Crippen molar-refractivity contribution in [3.05, 3.63) is 42.2 Å². The second kappa shape index (κ2) is 5.54. The van der Waals surface area contributed by atoms with Crippen molar-refractivity contribution in [1.82, 2.24) is 10.1 Å². The Morgan fingerprint density at radius 1 is 1.24 bits per heavy atom. The average Bonchev–Trinajstić information content (AvgIpc) is 2.97. The van der Waals surface area contributed by atoms with Gasteiger partial charge in [0.25, 0.3) is 5.89 Å². The van der Waals surface area contributed by atoms with Crippen molar-refractivity contribution in [2.75, 3.05) is 7.11 Å². The van der Waals surface area contributed by atoms with E-state index in [1.165, 1.54) is 0 Å². The number of ether oxygens (including phenoxy) is 1. The molecule has 0 aliphatic heterocycles. The molecule has 3 aromatic rings. The van der Waals surface area contributed by atoms with Crippen molar-refractivity contribution in [2.24, 2.45) is 0 Å². The summed E-state index contributed by atoms with van der Waals surface area (Å²) in [4.78, 5) is 4.33. The van der Waals surface area contributed by atoms with Crippen LogP contribution in [0.5, 0.6) is 5.75 Å². The van der Waals surface area contributed by atoms with Crippen LogP contribution in [0.25, 0.3) is 22.2 Å². The SMILES string of the molecule is CCC(OC)c1noc(-c2cc3ccccc3cc2O)n1. The molecule has 0 spiro atoms. The number of nitrogens with zero attached hydrogens (tertiary/aromatic N) is 2. The molecule has 1 N–H and O–H groups in total. The number of fused-ring (bicyclic) bond motifs is 1. The first-order valence-corrected chi connectivity index (χ1v) is 6.81. The van der Waals surface area contributed by atoms with Crippen molar-refractivity contribution in [3.8, 4) is 17.2 Å². The van der Waals surface area contributed by atoms with Gasteiger partial charge in [0, 0.05) is 7.11 Å². The highest BCUT2D eigenvalue weighted by molar-refractivity contribution is 5.89. The maximum Gasteiger partial charge on any atom is 0.261 e. The number of aromatic nitrogens is 2. The summed E-state index contributed by atoms with van der Waals surface area (Å²) in [6.45, 7) is 1.98. The van der Waals surface area contributed by atoms with Crippen LogP contribution in [0.1, 0.15) is 25.3 Å². The first-order chi connectivity index (χ1) is 10.2. The Kier molecular flexibility index (Phi) is 3.58. The van der Waals surface area contributed by atoms with Crippen LogP contribution in [0.2, 0.25) is 0 Å². The molecule has 1 atom stereocenters. The molecule has 2 aromatic carbocycles.